The number of ether oxygens (including phenoxy) is 1. The van der Waals surface area contributed by atoms with E-state index < -0.39 is 11.6 Å². The van der Waals surface area contributed by atoms with Gasteiger partial charge >= 0.3 is 5.97 Å². The van der Waals surface area contributed by atoms with Gasteiger partial charge in [-0.1, -0.05) is 12.2 Å². The fourth-order valence-corrected chi connectivity index (χ4v) is 2.34. The fraction of sp³-hybridized carbons (Fsp3) is 0.429. The average Bonchev–Trinajstić information content (AvgIpc) is 2.60. The number of carbonyl (C=O) groups excluding carboxylic acids is 2. The van der Waals surface area contributed by atoms with E-state index in [0.717, 1.165) is 0 Å². The zero-order valence-corrected chi connectivity index (χ0v) is 10.7. The number of rotatable bonds is 2. The summed E-state index contributed by atoms with van der Waals surface area (Å²) in [6, 6.07) is 0. The Balaban J connectivity index is 2.54. The number of hydrogen-bond acceptors (Lipinski definition) is 4. The molecule has 1 N–H and O–H groups in total. The van der Waals surface area contributed by atoms with Crippen molar-refractivity contribution in [2.24, 2.45) is 0 Å². The summed E-state index contributed by atoms with van der Waals surface area (Å²) < 4.78 is 5.15. The van der Waals surface area contributed by atoms with Crippen LogP contribution < -0.4 is 0 Å². The normalized spacial score (nSPS) is 28.2. The van der Waals surface area contributed by atoms with Gasteiger partial charge in [-0.15, -0.1) is 0 Å². The predicted octanol–water partition coefficient (Wildman–Crippen LogP) is 1.80. The molecule has 18 heavy (non-hydrogen) atoms. The molecule has 2 aliphatic rings. The first kappa shape index (κ1) is 12.8. The number of allylic oxidation sites excluding steroid dienone is 3. The Morgan fingerprint density at radius 1 is 1.44 bits per heavy atom. The summed E-state index contributed by atoms with van der Waals surface area (Å²) in [5.74, 6) is -0.444. The summed E-state index contributed by atoms with van der Waals surface area (Å²) in [4.78, 5) is 23.6. The van der Waals surface area contributed by atoms with Gasteiger partial charge in [-0.3, -0.25) is 4.79 Å². The van der Waals surface area contributed by atoms with Gasteiger partial charge in [0.2, 0.25) is 0 Å². The Bertz CT molecular complexity index is 518. The van der Waals surface area contributed by atoms with Gasteiger partial charge < -0.3 is 9.84 Å². The number of carbonyl (C=O) groups is 2. The Morgan fingerprint density at radius 3 is 2.72 bits per heavy atom. The molecule has 96 valence electrons. The quantitative estimate of drug-likeness (QED) is 0.598. The van der Waals surface area contributed by atoms with Crippen LogP contribution >= 0.6 is 0 Å². The van der Waals surface area contributed by atoms with Crippen LogP contribution in [0.1, 0.15) is 33.6 Å². The summed E-state index contributed by atoms with van der Waals surface area (Å²) in [6.45, 7) is 4.92. The number of fused-ring (bicyclic) bond motifs is 1. The molecule has 1 aliphatic carbocycles. The highest BCUT2D eigenvalue weighted by Gasteiger charge is 2.44. The Kier molecular flexibility index (Phi) is 2.99. The number of Topliss-reactive ketones (excluding diaryl/α,β-unsaturated/α-hetero) is 1. The Morgan fingerprint density at radius 2 is 2.11 bits per heavy atom. The maximum absolute atomic E-state index is 11.9. The third-order valence-electron chi connectivity index (χ3n) is 3.33. The van der Waals surface area contributed by atoms with Crippen LogP contribution in [0.2, 0.25) is 0 Å². The average molecular weight is 248 g/mol. The molecule has 0 bridgehead atoms. The van der Waals surface area contributed by atoms with Gasteiger partial charge in [-0.25, -0.2) is 4.79 Å². The number of hydrogen-bond donors (Lipinski definition) is 1. The SMILES string of the molecule is CC=CCC1=C2CC(C)(O)C(=O)C(C)=C2OC1=O. The second-order valence-electron chi connectivity index (χ2n) is 4.85. The molecule has 1 unspecified atom stereocenters. The highest BCUT2D eigenvalue weighted by atomic mass is 16.5. The van der Waals surface area contributed by atoms with Crippen molar-refractivity contribution in [2.45, 2.75) is 39.2 Å². The molecular formula is C14H16O4. The largest absolute Gasteiger partial charge is 0.422 e. The van der Waals surface area contributed by atoms with Crippen molar-refractivity contribution < 1.29 is 19.4 Å². The van der Waals surface area contributed by atoms with Crippen molar-refractivity contribution in [1.29, 1.82) is 0 Å². The Labute approximate surface area is 106 Å². The molecule has 1 aliphatic heterocycles. The van der Waals surface area contributed by atoms with E-state index in [0.29, 0.717) is 28.9 Å². The number of ketones is 1. The number of esters is 1. The van der Waals surface area contributed by atoms with Crippen LogP contribution in [0.4, 0.5) is 0 Å². The maximum atomic E-state index is 11.9. The topological polar surface area (TPSA) is 63.6 Å². The zero-order chi connectivity index (χ0) is 13.5. The van der Waals surface area contributed by atoms with Gasteiger partial charge in [0.05, 0.1) is 0 Å². The van der Waals surface area contributed by atoms with Gasteiger partial charge in [0.1, 0.15) is 11.4 Å². The minimum atomic E-state index is -1.45. The first-order valence-corrected chi connectivity index (χ1v) is 5.92. The molecule has 0 fully saturated rings. The molecule has 0 aromatic rings. The minimum absolute atomic E-state index is 0.136. The summed E-state index contributed by atoms with van der Waals surface area (Å²) >= 11 is 0. The molecular weight excluding hydrogens is 232 g/mol. The first-order valence-electron chi connectivity index (χ1n) is 5.92. The third-order valence-corrected chi connectivity index (χ3v) is 3.33. The molecule has 0 saturated heterocycles. The van der Waals surface area contributed by atoms with E-state index in [1.165, 1.54) is 6.92 Å². The lowest BCUT2D eigenvalue weighted by atomic mass is 9.80. The number of aliphatic hydroxyl groups is 1. The van der Waals surface area contributed by atoms with Crippen LogP contribution in [0.5, 0.6) is 0 Å². The molecule has 0 saturated carbocycles. The van der Waals surface area contributed by atoms with Crippen LogP contribution in [0.3, 0.4) is 0 Å². The first-order chi connectivity index (χ1) is 8.38. The van der Waals surface area contributed by atoms with Crippen molar-refractivity contribution in [3.8, 4) is 0 Å². The van der Waals surface area contributed by atoms with Crippen LogP contribution in [0, 0.1) is 0 Å². The van der Waals surface area contributed by atoms with Gasteiger partial charge in [0, 0.05) is 23.1 Å². The molecule has 0 amide bonds. The third kappa shape index (κ3) is 1.82. The van der Waals surface area contributed by atoms with Gasteiger partial charge in [-0.2, -0.15) is 0 Å². The lowest BCUT2D eigenvalue weighted by molar-refractivity contribution is -0.134. The van der Waals surface area contributed by atoms with Crippen molar-refractivity contribution in [1.82, 2.24) is 0 Å². The summed E-state index contributed by atoms with van der Waals surface area (Å²) in [5.41, 5.74) is 0.0819. The van der Waals surface area contributed by atoms with E-state index >= 15 is 0 Å². The zero-order valence-electron chi connectivity index (χ0n) is 10.7. The highest BCUT2D eigenvalue weighted by molar-refractivity contribution is 6.07. The van der Waals surface area contributed by atoms with E-state index in [9.17, 15) is 14.7 Å². The molecule has 4 nitrogen and oxygen atoms in total. The van der Waals surface area contributed by atoms with Crippen LogP contribution in [-0.4, -0.2) is 22.5 Å². The second-order valence-corrected chi connectivity index (χ2v) is 4.85. The van der Waals surface area contributed by atoms with Crippen LogP contribution in [-0.2, 0) is 14.3 Å². The Hall–Kier alpha value is -1.68. The molecule has 0 radical (unpaired) electrons. The molecule has 0 spiro atoms. The van der Waals surface area contributed by atoms with Crippen LogP contribution in [0.15, 0.2) is 34.6 Å². The molecule has 1 atom stereocenters. The van der Waals surface area contributed by atoms with Crippen molar-refractivity contribution in [2.75, 3.05) is 0 Å². The van der Waals surface area contributed by atoms with Crippen molar-refractivity contribution >= 4 is 11.8 Å². The van der Waals surface area contributed by atoms with E-state index in [1.807, 2.05) is 19.1 Å². The smallest absolute Gasteiger partial charge is 0.340 e. The standard InChI is InChI=1S/C14H16O4/c1-4-5-6-9-10-7-14(3,17)12(15)8(2)11(10)18-13(9)16/h4-5,17H,6-7H2,1-3H3. The molecule has 0 aromatic carbocycles. The monoisotopic (exact) mass is 248 g/mol. The summed E-state index contributed by atoms with van der Waals surface area (Å²) in [5, 5.41) is 10.1. The van der Waals surface area contributed by atoms with E-state index in [2.05, 4.69) is 0 Å². The van der Waals surface area contributed by atoms with Crippen LogP contribution in [0.25, 0.3) is 0 Å². The van der Waals surface area contributed by atoms with Gasteiger partial charge in [0.25, 0.3) is 0 Å². The van der Waals surface area contributed by atoms with Gasteiger partial charge in [0.15, 0.2) is 5.78 Å². The fourth-order valence-electron chi connectivity index (χ4n) is 2.34. The molecule has 1 heterocycles. The highest BCUT2D eigenvalue weighted by Crippen LogP contribution is 2.41. The van der Waals surface area contributed by atoms with E-state index in [1.54, 1.807) is 6.92 Å². The molecule has 0 aromatic heterocycles. The minimum Gasteiger partial charge on any atom is -0.422 e. The van der Waals surface area contributed by atoms with E-state index in [4.69, 9.17) is 4.74 Å². The second kappa shape index (κ2) is 4.21. The molecule has 2 rings (SSSR count). The van der Waals surface area contributed by atoms with Crippen molar-refractivity contribution in [3.63, 3.8) is 0 Å². The summed E-state index contributed by atoms with van der Waals surface area (Å²) in [6.07, 6.45) is 4.30. The maximum Gasteiger partial charge on any atom is 0.340 e. The van der Waals surface area contributed by atoms with Crippen molar-refractivity contribution in [3.05, 3.63) is 34.6 Å². The lowest BCUT2D eigenvalue weighted by Crippen LogP contribution is -2.39. The van der Waals surface area contributed by atoms with E-state index in [-0.39, 0.29) is 12.2 Å². The predicted molar refractivity (Wildman–Crippen MR) is 65.5 cm³/mol. The lowest BCUT2D eigenvalue weighted by Gasteiger charge is -2.28. The van der Waals surface area contributed by atoms with Gasteiger partial charge in [-0.05, 0) is 27.2 Å². The summed E-state index contributed by atoms with van der Waals surface area (Å²) in [7, 11) is 0. The molecule has 4 heteroatoms.